The number of nitrogens with zero attached hydrogens (tertiary/aromatic N) is 1. The first kappa shape index (κ1) is 12.1. The molecule has 0 radical (unpaired) electrons. The second kappa shape index (κ2) is 5.31. The van der Waals surface area contributed by atoms with Gasteiger partial charge in [-0.2, -0.15) is 0 Å². The van der Waals surface area contributed by atoms with Gasteiger partial charge in [0.25, 0.3) is 0 Å². The molecule has 4 nitrogen and oxygen atoms in total. The summed E-state index contributed by atoms with van der Waals surface area (Å²) in [4.78, 5) is 13.9. The molecule has 1 N–H and O–H groups in total. The van der Waals surface area contributed by atoms with E-state index in [0.717, 1.165) is 23.7 Å². The first-order valence-corrected chi connectivity index (χ1v) is 6.47. The van der Waals surface area contributed by atoms with E-state index in [1.54, 1.807) is 18.9 Å². The summed E-state index contributed by atoms with van der Waals surface area (Å²) < 4.78 is 5.35. The van der Waals surface area contributed by atoms with Crippen LogP contribution in [0.25, 0.3) is 0 Å². The lowest BCUT2D eigenvalue weighted by Crippen LogP contribution is -2.31. The Hall–Kier alpha value is -1.36. The summed E-state index contributed by atoms with van der Waals surface area (Å²) in [6, 6.07) is 5.93. The van der Waals surface area contributed by atoms with Crippen LogP contribution in [0.1, 0.15) is 6.42 Å². The van der Waals surface area contributed by atoms with E-state index in [4.69, 9.17) is 9.84 Å². The summed E-state index contributed by atoms with van der Waals surface area (Å²) in [6.07, 6.45) is 0.155. The molecule has 0 bridgehead atoms. The van der Waals surface area contributed by atoms with Gasteiger partial charge in [0.2, 0.25) is 0 Å². The molecule has 17 heavy (non-hydrogen) atoms. The maximum atomic E-state index is 10.6. The third-order valence-electron chi connectivity index (χ3n) is 2.71. The van der Waals surface area contributed by atoms with Crippen LogP contribution in [0.3, 0.4) is 0 Å². The molecule has 1 aliphatic heterocycles. The number of methoxy groups -OCH3 is 1. The molecule has 0 saturated carbocycles. The molecule has 0 aliphatic carbocycles. The van der Waals surface area contributed by atoms with Gasteiger partial charge in [0.1, 0.15) is 5.75 Å². The molecule has 0 saturated heterocycles. The summed E-state index contributed by atoms with van der Waals surface area (Å²) in [5.74, 6) is 1.04. The van der Waals surface area contributed by atoms with E-state index < -0.39 is 5.97 Å². The van der Waals surface area contributed by atoms with Crippen LogP contribution in [0.5, 0.6) is 5.75 Å². The van der Waals surface area contributed by atoms with Crippen molar-refractivity contribution in [1.29, 1.82) is 0 Å². The van der Waals surface area contributed by atoms with E-state index in [9.17, 15) is 4.79 Å². The number of fused-ring (bicyclic) bond motifs is 1. The Balaban J connectivity index is 2.25. The topological polar surface area (TPSA) is 49.8 Å². The van der Waals surface area contributed by atoms with E-state index in [0.29, 0.717) is 6.54 Å². The first-order chi connectivity index (χ1) is 8.22. The molecule has 0 aromatic heterocycles. The molecule has 0 fully saturated rings. The molecule has 0 unspecified atom stereocenters. The molecule has 5 heteroatoms. The third-order valence-corrected chi connectivity index (χ3v) is 3.74. The van der Waals surface area contributed by atoms with Crippen molar-refractivity contribution in [2.45, 2.75) is 11.3 Å². The quantitative estimate of drug-likeness (QED) is 0.890. The van der Waals surface area contributed by atoms with Gasteiger partial charge >= 0.3 is 5.97 Å². The van der Waals surface area contributed by atoms with E-state index in [-0.39, 0.29) is 6.42 Å². The minimum absolute atomic E-state index is 0.155. The Bertz CT molecular complexity index is 408. The fraction of sp³-hybridized carbons (Fsp3) is 0.417. The first-order valence-electron chi connectivity index (χ1n) is 5.49. The summed E-state index contributed by atoms with van der Waals surface area (Å²) in [5.41, 5.74) is 1.03. The zero-order valence-electron chi connectivity index (χ0n) is 9.68. The smallest absolute Gasteiger partial charge is 0.305 e. The lowest BCUT2D eigenvalue weighted by atomic mass is 10.2. The van der Waals surface area contributed by atoms with Gasteiger partial charge in [0.05, 0.1) is 19.2 Å². The van der Waals surface area contributed by atoms with Gasteiger partial charge in [-0.3, -0.25) is 4.79 Å². The maximum absolute atomic E-state index is 10.6. The summed E-state index contributed by atoms with van der Waals surface area (Å²) in [6.45, 7) is 1.40. The van der Waals surface area contributed by atoms with Crippen molar-refractivity contribution in [2.24, 2.45) is 0 Å². The largest absolute Gasteiger partial charge is 0.495 e. The number of rotatable bonds is 4. The van der Waals surface area contributed by atoms with Crippen molar-refractivity contribution in [3.8, 4) is 5.75 Å². The fourth-order valence-electron chi connectivity index (χ4n) is 1.93. The molecular weight excluding hydrogens is 238 g/mol. The van der Waals surface area contributed by atoms with Crippen molar-refractivity contribution in [1.82, 2.24) is 0 Å². The highest BCUT2D eigenvalue weighted by atomic mass is 32.2. The third kappa shape index (κ3) is 2.66. The minimum atomic E-state index is -0.764. The number of hydrogen-bond acceptors (Lipinski definition) is 4. The van der Waals surface area contributed by atoms with Crippen molar-refractivity contribution in [3.63, 3.8) is 0 Å². The molecule has 1 aromatic rings. The van der Waals surface area contributed by atoms with Gasteiger partial charge in [-0.05, 0) is 12.1 Å². The standard InChI is InChI=1S/C12H15NO3S/c1-16-9-3-2-4-10-12(9)13(7-8-17-10)6-5-11(14)15/h2-4H,5-8H2,1H3,(H,14,15). The van der Waals surface area contributed by atoms with Gasteiger partial charge in [-0.25, -0.2) is 0 Å². The number of anilines is 1. The highest BCUT2D eigenvalue weighted by molar-refractivity contribution is 7.99. The predicted octanol–water partition coefficient (Wildman–Crippen LogP) is 2.08. The second-order valence-corrected chi connectivity index (χ2v) is 4.92. The van der Waals surface area contributed by atoms with Crippen LogP contribution < -0.4 is 9.64 Å². The Labute approximate surface area is 105 Å². The lowest BCUT2D eigenvalue weighted by Gasteiger charge is -2.31. The fourth-order valence-corrected chi connectivity index (χ4v) is 3.00. The Morgan fingerprint density at radius 3 is 3.12 bits per heavy atom. The Morgan fingerprint density at radius 1 is 1.59 bits per heavy atom. The molecular formula is C12H15NO3S. The van der Waals surface area contributed by atoms with Gasteiger partial charge < -0.3 is 14.7 Å². The van der Waals surface area contributed by atoms with Crippen molar-refractivity contribution in [3.05, 3.63) is 18.2 Å². The van der Waals surface area contributed by atoms with Gasteiger partial charge in [-0.1, -0.05) is 6.07 Å². The van der Waals surface area contributed by atoms with Crippen molar-refractivity contribution < 1.29 is 14.6 Å². The monoisotopic (exact) mass is 253 g/mol. The number of para-hydroxylation sites is 1. The van der Waals surface area contributed by atoms with Crippen LogP contribution >= 0.6 is 11.8 Å². The molecule has 0 amide bonds. The molecule has 2 rings (SSSR count). The Morgan fingerprint density at radius 2 is 2.41 bits per heavy atom. The van der Waals surface area contributed by atoms with Crippen LogP contribution in [0.4, 0.5) is 5.69 Å². The molecule has 92 valence electrons. The number of carboxylic acid groups (broad SMARTS) is 1. The van der Waals surface area contributed by atoms with Gasteiger partial charge in [0, 0.05) is 23.7 Å². The number of thioether (sulfide) groups is 1. The SMILES string of the molecule is COc1cccc2c1N(CCC(=O)O)CCS2. The average Bonchev–Trinajstić information content (AvgIpc) is 2.35. The number of hydrogen-bond donors (Lipinski definition) is 1. The summed E-state index contributed by atoms with van der Waals surface area (Å²) in [7, 11) is 1.64. The molecule has 0 spiro atoms. The zero-order valence-corrected chi connectivity index (χ0v) is 10.5. The lowest BCUT2D eigenvalue weighted by molar-refractivity contribution is -0.136. The van der Waals surface area contributed by atoms with E-state index in [1.165, 1.54) is 4.90 Å². The van der Waals surface area contributed by atoms with Crippen LogP contribution in [0.15, 0.2) is 23.1 Å². The van der Waals surface area contributed by atoms with Crippen LogP contribution in [0.2, 0.25) is 0 Å². The predicted molar refractivity (Wildman–Crippen MR) is 68.2 cm³/mol. The molecule has 1 aromatic carbocycles. The van der Waals surface area contributed by atoms with Crippen molar-refractivity contribution in [2.75, 3.05) is 30.9 Å². The normalized spacial score (nSPS) is 14.3. The summed E-state index contributed by atoms with van der Waals surface area (Å²) >= 11 is 1.79. The zero-order chi connectivity index (χ0) is 12.3. The number of benzene rings is 1. The van der Waals surface area contributed by atoms with E-state index >= 15 is 0 Å². The second-order valence-electron chi connectivity index (χ2n) is 3.79. The molecule has 1 aliphatic rings. The average molecular weight is 253 g/mol. The maximum Gasteiger partial charge on any atom is 0.305 e. The molecule has 1 heterocycles. The highest BCUT2D eigenvalue weighted by Crippen LogP contribution is 2.41. The Kier molecular flexibility index (Phi) is 3.78. The number of aliphatic carboxylic acids is 1. The van der Waals surface area contributed by atoms with E-state index in [1.807, 2.05) is 12.1 Å². The van der Waals surface area contributed by atoms with Crippen LogP contribution in [0, 0.1) is 0 Å². The number of carboxylic acids is 1. The van der Waals surface area contributed by atoms with Gasteiger partial charge in [-0.15, -0.1) is 11.8 Å². The van der Waals surface area contributed by atoms with E-state index in [2.05, 4.69) is 11.0 Å². The molecule has 0 atom stereocenters. The van der Waals surface area contributed by atoms with Crippen molar-refractivity contribution >= 4 is 23.4 Å². The minimum Gasteiger partial charge on any atom is -0.495 e. The number of carbonyl (C=O) groups is 1. The highest BCUT2D eigenvalue weighted by Gasteiger charge is 2.21. The van der Waals surface area contributed by atoms with Crippen LogP contribution in [-0.2, 0) is 4.79 Å². The van der Waals surface area contributed by atoms with Gasteiger partial charge in [0.15, 0.2) is 0 Å². The van der Waals surface area contributed by atoms with Crippen LogP contribution in [-0.4, -0.2) is 37.0 Å². The number of ether oxygens (including phenoxy) is 1. The summed E-state index contributed by atoms with van der Waals surface area (Å²) in [5, 5.41) is 8.76.